The predicted octanol–water partition coefficient (Wildman–Crippen LogP) is 2.78. The van der Waals surface area contributed by atoms with E-state index in [1.165, 1.54) is 0 Å². The van der Waals surface area contributed by atoms with Crippen molar-refractivity contribution < 1.29 is 4.42 Å². The van der Waals surface area contributed by atoms with Crippen LogP contribution in [0.1, 0.15) is 5.76 Å². The Labute approximate surface area is 60.8 Å². The molecule has 1 rings (SSSR count). The molecule has 0 aromatic carbocycles. The van der Waals surface area contributed by atoms with E-state index in [0.29, 0.717) is 5.88 Å². The third-order valence-corrected chi connectivity index (χ3v) is 1.43. The van der Waals surface area contributed by atoms with E-state index < -0.39 is 0 Å². The third kappa shape index (κ3) is 1.26. The number of furan rings is 1. The summed E-state index contributed by atoms with van der Waals surface area (Å²) in [7, 11) is 0. The zero-order valence-corrected chi connectivity index (χ0v) is 6.37. The van der Waals surface area contributed by atoms with Gasteiger partial charge >= 0.3 is 0 Å². The van der Waals surface area contributed by atoms with Gasteiger partial charge in [0.05, 0.1) is 10.4 Å². The van der Waals surface area contributed by atoms with Gasteiger partial charge in [0.25, 0.3) is 0 Å². The molecule has 8 heavy (non-hydrogen) atoms. The van der Waals surface area contributed by atoms with Crippen LogP contribution in [0.5, 0.6) is 0 Å². The quantitative estimate of drug-likeness (QED) is 0.628. The first-order chi connectivity index (χ1) is 3.83. The zero-order valence-electron chi connectivity index (χ0n) is 4.03. The minimum absolute atomic E-state index is 0.436. The van der Waals surface area contributed by atoms with E-state index >= 15 is 0 Å². The Balaban J connectivity index is 2.84. The zero-order chi connectivity index (χ0) is 5.98. The van der Waals surface area contributed by atoms with Gasteiger partial charge in [-0.15, -0.1) is 11.6 Å². The fraction of sp³-hybridized carbons (Fsp3) is 0.200. The Morgan fingerprint density at radius 1 is 1.75 bits per heavy atom. The number of hydrogen-bond acceptors (Lipinski definition) is 1. The molecule has 0 radical (unpaired) electrons. The van der Waals surface area contributed by atoms with Gasteiger partial charge < -0.3 is 4.42 Å². The predicted molar refractivity (Wildman–Crippen MR) is 36.0 cm³/mol. The molecule has 0 amide bonds. The highest BCUT2D eigenvalue weighted by Gasteiger charge is 1.94. The molecule has 0 saturated heterocycles. The van der Waals surface area contributed by atoms with Crippen molar-refractivity contribution in [1.29, 1.82) is 0 Å². The van der Waals surface area contributed by atoms with Crippen LogP contribution in [0.15, 0.2) is 21.2 Å². The first-order valence-electron chi connectivity index (χ1n) is 2.12. The lowest BCUT2D eigenvalue weighted by Gasteiger charge is -1.77. The Morgan fingerprint density at radius 3 is 2.75 bits per heavy atom. The van der Waals surface area contributed by atoms with Gasteiger partial charge in [0.1, 0.15) is 12.0 Å². The maximum absolute atomic E-state index is 5.43. The van der Waals surface area contributed by atoms with Crippen LogP contribution in [0.2, 0.25) is 0 Å². The van der Waals surface area contributed by atoms with E-state index in [2.05, 4.69) is 15.9 Å². The molecule has 44 valence electrons. The van der Waals surface area contributed by atoms with Crippen molar-refractivity contribution in [2.24, 2.45) is 0 Å². The van der Waals surface area contributed by atoms with Crippen molar-refractivity contribution in [2.45, 2.75) is 5.88 Å². The van der Waals surface area contributed by atoms with E-state index in [9.17, 15) is 0 Å². The molecule has 0 bridgehead atoms. The van der Waals surface area contributed by atoms with Gasteiger partial charge in [-0.25, -0.2) is 0 Å². The van der Waals surface area contributed by atoms with E-state index in [0.717, 1.165) is 10.2 Å². The molecule has 0 atom stereocenters. The van der Waals surface area contributed by atoms with Gasteiger partial charge in [-0.3, -0.25) is 0 Å². The number of hydrogen-bond donors (Lipinski definition) is 0. The van der Waals surface area contributed by atoms with Gasteiger partial charge in [0, 0.05) is 0 Å². The fourth-order valence-electron chi connectivity index (χ4n) is 0.424. The number of halogens is 2. The molecule has 1 aromatic heterocycles. The summed E-state index contributed by atoms with van der Waals surface area (Å²) in [6.45, 7) is 0. The average molecular weight is 195 g/mol. The molecule has 0 aliphatic rings. The van der Waals surface area contributed by atoms with Crippen LogP contribution in [-0.4, -0.2) is 0 Å². The van der Waals surface area contributed by atoms with Gasteiger partial charge in [-0.1, -0.05) is 0 Å². The van der Waals surface area contributed by atoms with E-state index in [1.54, 1.807) is 6.26 Å². The van der Waals surface area contributed by atoms with Crippen molar-refractivity contribution in [1.82, 2.24) is 0 Å². The van der Waals surface area contributed by atoms with Gasteiger partial charge in [-0.05, 0) is 22.0 Å². The van der Waals surface area contributed by atoms with Crippen molar-refractivity contribution in [3.05, 3.63) is 22.6 Å². The SMILES string of the molecule is ClCc1cc(Br)co1. The Morgan fingerprint density at radius 2 is 2.50 bits per heavy atom. The van der Waals surface area contributed by atoms with Crippen LogP contribution in [0.3, 0.4) is 0 Å². The van der Waals surface area contributed by atoms with Crippen LogP contribution >= 0.6 is 27.5 Å². The molecule has 0 aliphatic carbocycles. The van der Waals surface area contributed by atoms with Crippen LogP contribution in [-0.2, 0) is 5.88 Å². The molecule has 0 fully saturated rings. The Bertz CT molecular complexity index is 173. The molecule has 0 spiro atoms. The van der Waals surface area contributed by atoms with Crippen LogP contribution in [0.25, 0.3) is 0 Å². The highest BCUT2D eigenvalue weighted by molar-refractivity contribution is 9.10. The molecular formula is C5H4BrClO. The van der Waals surface area contributed by atoms with Crippen molar-refractivity contribution in [3.8, 4) is 0 Å². The maximum atomic E-state index is 5.43. The second-order valence-corrected chi connectivity index (χ2v) is 2.55. The monoisotopic (exact) mass is 194 g/mol. The molecule has 1 heterocycles. The normalized spacial score (nSPS) is 9.75. The molecule has 1 aromatic rings. The Kier molecular flexibility index (Phi) is 1.97. The summed E-state index contributed by atoms with van der Waals surface area (Å²) in [6.07, 6.45) is 1.61. The third-order valence-electron chi connectivity index (χ3n) is 0.753. The van der Waals surface area contributed by atoms with Gasteiger partial charge in [-0.2, -0.15) is 0 Å². The largest absolute Gasteiger partial charge is 0.467 e. The first-order valence-corrected chi connectivity index (χ1v) is 3.44. The van der Waals surface area contributed by atoms with Gasteiger partial charge in [0.2, 0.25) is 0 Å². The highest BCUT2D eigenvalue weighted by Crippen LogP contribution is 2.14. The summed E-state index contributed by atoms with van der Waals surface area (Å²) in [6, 6.07) is 1.84. The van der Waals surface area contributed by atoms with Gasteiger partial charge in [0.15, 0.2) is 0 Å². The smallest absolute Gasteiger partial charge is 0.119 e. The summed E-state index contributed by atoms with van der Waals surface area (Å²) in [5.74, 6) is 1.23. The molecule has 0 saturated carbocycles. The average Bonchev–Trinajstić information content (AvgIpc) is 2.14. The summed E-state index contributed by atoms with van der Waals surface area (Å²) >= 11 is 8.65. The van der Waals surface area contributed by atoms with Crippen molar-refractivity contribution in [3.63, 3.8) is 0 Å². The lowest BCUT2D eigenvalue weighted by atomic mass is 10.5. The maximum Gasteiger partial charge on any atom is 0.119 e. The molecule has 0 unspecified atom stereocenters. The van der Waals surface area contributed by atoms with Crippen LogP contribution in [0.4, 0.5) is 0 Å². The van der Waals surface area contributed by atoms with E-state index in [-0.39, 0.29) is 0 Å². The van der Waals surface area contributed by atoms with E-state index in [4.69, 9.17) is 16.0 Å². The second-order valence-electron chi connectivity index (χ2n) is 1.36. The minimum atomic E-state index is 0.436. The summed E-state index contributed by atoms with van der Waals surface area (Å²) < 4.78 is 5.87. The Hall–Kier alpha value is 0.0500. The number of rotatable bonds is 1. The summed E-state index contributed by atoms with van der Waals surface area (Å²) in [5.41, 5.74) is 0. The van der Waals surface area contributed by atoms with Crippen molar-refractivity contribution >= 4 is 27.5 Å². The lowest BCUT2D eigenvalue weighted by molar-refractivity contribution is 0.528. The minimum Gasteiger partial charge on any atom is -0.467 e. The first kappa shape index (κ1) is 6.17. The second kappa shape index (κ2) is 2.55. The topological polar surface area (TPSA) is 13.1 Å². The van der Waals surface area contributed by atoms with Crippen LogP contribution < -0.4 is 0 Å². The fourth-order valence-corrected chi connectivity index (χ4v) is 0.913. The van der Waals surface area contributed by atoms with Crippen molar-refractivity contribution in [2.75, 3.05) is 0 Å². The molecule has 0 aliphatic heterocycles. The number of alkyl halides is 1. The summed E-state index contributed by atoms with van der Waals surface area (Å²) in [4.78, 5) is 0. The molecular weight excluding hydrogens is 191 g/mol. The highest BCUT2D eigenvalue weighted by atomic mass is 79.9. The summed E-state index contributed by atoms with van der Waals surface area (Å²) in [5, 5.41) is 0. The van der Waals surface area contributed by atoms with E-state index in [1.807, 2.05) is 6.07 Å². The molecule has 0 N–H and O–H groups in total. The lowest BCUT2D eigenvalue weighted by Crippen LogP contribution is -1.63. The molecule has 3 heteroatoms. The standard InChI is InChI=1S/C5H4BrClO/c6-4-1-5(2-7)8-3-4/h1,3H,2H2. The van der Waals surface area contributed by atoms with Crippen LogP contribution in [0, 0.1) is 0 Å². The molecule has 1 nitrogen and oxygen atoms in total.